The first-order chi connectivity index (χ1) is 9.65. The summed E-state index contributed by atoms with van der Waals surface area (Å²) in [5.41, 5.74) is 6.72. The highest BCUT2D eigenvalue weighted by Crippen LogP contribution is 2.14. The van der Waals surface area contributed by atoms with E-state index in [9.17, 15) is 9.90 Å². The summed E-state index contributed by atoms with van der Waals surface area (Å²) in [6, 6.07) is 5.94. The fourth-order valence-electron chi connectivity index (χ4n) is 2.19. The van der Waals surface area contributed by atoms with Crippen LogP contribution < -0.4 is 5.73 Å². The van der Waals surface area contributed by atoms with Gasteiger partial charge in [0.1, 0.15) is 18.4 Å². The molecule has 5 nitrogen and oxygen atoms in total. The average Bonchev–Trinajstić information content (AvgIpc) is 2.48. The summed E-state index contributed by atoms with van der Waals surface area (Å²) in [7, 11) is 0. The van der Waals surface area contributed by atoms with Gasteiger partial charge >= 0.3 is 5.97 Å². The number of phenolic OH excluding ortho intramolecular Hbond substituents is 1. The first-order valence-electron chi connectivity index (χ1n) is 6.97. The molecule has 2 unspecified atom stereocenters. The zero-order valence-electron chi connectivity index (χ0n) is 11.5. The maximum absolute atomic E-state index is 11.8. The van der Waals surface area contributed by atoms with Gasteiger partial charge in [0.2, 0.25) is 0 Å². The third-order valence-electron chi connectivity index (χ3n) is 3.38. The number of carbonyl (C=O) groups excluding carboxylic acids is 1. The van der Waals surface area contributed by atoms with Crippen molar-refractivity contribution in [3.63, 3.8) is 0 Å². The molecule has 1 aliphatic rings. The van der Waals surface area contributed by atoms with Crippen molar-refractivity contribution in [3.05, 3.63) is 29.8 Å². The summed E-state index contributed by atoms with van der Waals surface area (Å²) < 4.78 is 10.7. The average molecular weight is 279 g/mol. The lowest BCUT2D eigenvalue weighted by atomic mass is 10.1. The van der Waals surface area contributed by atoms with Crippen LogP contribution in [0, 0.1) is 0 Å². The minimum absolute atomic E-state index is 0.00794. The van der Waals surface area contributed by atoms with Crippen LogP contribution >= 0.6 is 0 Å². The van der Waals surface area contributed by atoms with Gasteiger partial charge in [0.15, 0.2) is 0 Å². The third-order valence-corrected chi connectivity index (χ3v) is 3.38. The standard InChI is InChI=1S/C15H21NO4/c16-14(9-11-4-6-12(17)7-5-11)15(18)20-10-13-3-1-2-8-19-13/h4-7,13-14,17H,1-3,8-10,16H2. The molecule has 1 aromatic rings. The van der Waals surface area contributed by atoms with Crippen molar-refractivity contribution in [2.24, 2.45) is 5.73 Å². The second-order valence-electron chi connectivity index (χ2n) is 5.10. The fraction of sp³-hybridized carbons (Fsp3) is 0.533. The number of phenols is 1. The van der Waals surface area contributed by atoms with Crippen molar-refractivity contribution in [1.82, 2.24) is 0 Å². The zero-order chi connectivity index (χ0) is 14.4. The van der Waals surface area contributed by atoms with Crippen LogP contribution in [0.5, 0.6) is 5.75 Å². The number of rotatable bonds is 5. The highest BCUT2D eigenvalue weighted by Gasteiger charge is 2.20. The Morgan fingerprint density at radius 1 is 1.40 bits per heavy atom. The molecule has 1 heterocycles. The van der Waals surface area contributed by atoms with E-state index in [-0.39, 0.29) is 18.5 Å². The molecule has 3 N–H and O–H groups in total. The van der Waals surface area contributed by atoms with Crippen LogP contribution in [-0.2, 0) is 20.7 Å². The van der Waals surface area contributed by atoms with Crippen LogP contribution in [0.25, 0.3) is 0 Å². The van der Waals surface area contributed by atoms with E-state index in [1.54, 1.807) is 24.3 Å². The molecule has 1 saturated heterocycles. The van der Waals surface area contributed by atoms with Crippen LogP contribution in [0.1, 0.15) is 24.8 Å². The van der Waals surface area contributed by atoms with Gasteiger partial charge in [0.05, 0.1) is 6.10 Å². The Bertz CT molecular complexity index is 426. The smallest absolute Gasteiger partial charge is 0.323 e. The molecule has 0 saturated carbocycles. The van der Waals surface area contributed by atoms with Crippen LogP contribution in [0.4, 0.5) is 0 Å². The predicted molar refractivity (Wildman–Crippen MR) is 74.3 cm³/mol. The maximum Gasteiger partial charge on any atom is 0.323 e. The molecule has 0 aliphatic carbocycles. The topological polar surface area (TPSA) is 81.8 Å². The Balaban J connectivity index is 1.75. The van der Waals surface area contributed by atoms with Gasteiger partial charge in [-0.05, 0) is 43.4 Å². The van der Waals surface area contributed by atoms with E-state index in [1.165, 1.54) is 0 Å². The van der Waals surface area contributed by atoms with E-state index >= 15 is 0 Å². The molecule has 20 heavy (non-hydrogen) atoms. The van der Waals surface area contributed by atoms with Gasteiger partial charge in [0, 0.05) is 6.61 Å². The van der Waals surface area contributed by atoms with Crippen molar-refractivity contribution in [1.29, 1.82) is 0 Å². The summed E-state index contributed by atoms with van der Waals surface area (Å²) in [6.07, 6.45) is 3.52. The van der Waals surface area contributed by atoms with Crippen molar-refractivity contribution >= 4 is 5.97 Å². The number of hydrogen-bond donors (Lipinski definition) is 2. The molecule has 0 amide bonds. The van der Waals surface area contributed by atoms with Crippen LogP contribution in [0.15, 0.2) is 24.3 Å². The first kappa shape index (κ1) is 14.8. The summed E-state index contributed by atoms with van der Waals surface area (Å²) >= 11 is 0. The molecule has 0 bridgehead atoms. The summed E-state index contributed by atoms with van der Waals surface area (Å²) in [4.78, 5) is 11.8. The second kappa shape index (κ2) is 7.26. The number of esters is 1. The SMILES string of the molecule is NC(Cc1ccc(O)cc1)C(=O)OCC1CCCCO1. The van der Waals surface area contributed by atoms with E-state index in [4.69, 9.17) is 15.2 Å². The molecule has 1 aliphatic heterocycles. The number of benzene rings is 1. The van der Waals surface area contributed by atoms with Crippen molar-refractivity contribution in [2.75, 3.05) is 13.2 Å². The van der Waals surface area contributed by atoms with Gasteiger partial charge in [-0.25, -0.2) is 0 Å². The Morgan fingerprint density at radius 3 is 2.80 bits per heavy atom. The summed E-state index contributed by atoms with van der Waals surface area (Å²) in [5.74, 6) is -0.216. The van der Waals surface area contributed by atoms with Crippen molar-refractivity contribution in [3.8, 4) is 5.75 Å². The Hall–Kier alpha value is -1.59. The highest BCUT2D eigenvalue weighted by molar-refractivity contribution is 5.75. The summed E-state index contributed by atoms with van der Waals surface area (Å²) in [5, 5.41) is 9.19. The Kier molecular flexibility index (Phi) is 5.38. The molecular weight excluding hydrogens is 258 g/mol. The number of aromatic hydroxyl groups is 1. The molecule has 0 radical (unpaired) electrons. The minimum atomic E-state index is -0.692. The van der Waals surface area contributed by atoms with Gasteiger partial charge in [-0.3, -0.25) is 4.79 Å². The molecule has 0 spiro atoms. The van der Waals surface area contributed by atoms with Crippen LogP contribution in [0.3, 0.4) is 0 Å². The number of nitrogens with two attached hydrogens (primary N) is 1. The largest absolute Gasteiger partial charge is 0.508 e. The molecule has 5 heteroatoms. The number of ether oxygens (including phenoxy) is 2. The van der Waals surface area contributed by atoms with Gasteiger partial charge in [-0.2, -0.15) is 0 Å². The van der Waals surface area contributed by atoms with E-state index in [0.29, 0.717) is 6.42 Å². The highest BCUT2D eigenvalue weighted by atomic mass is 16.6. The lowest BCUT2D eigenvalue weighted by Gasteiger charge is -2.22. The van der Waals surface area contributed by atoms with Crippen molar-refractivity contribution < 1.29 is 19.4 Å². The first-order valence-corrected chi connectivity index (χ1v) is 6.97. The van der Waals surface area contributed by atoms with E-state index < -0.39 is 12.0 Å². The van der Waals surface area contributed by atoms with Crippen LogP contribution in [0.2, 0.25) is 0 Å². The normalized spacial score (nSPS) is 20.4. The summed E-state index contributed by atoms with van der Waals surface area (Å²) in [6.45, 7) is 1.02. The molecule has 2 rings (SSSR count). The van der Waals surface area contributed by atoms with Gasteiger partial charge in [-0.1, -0.05) is 12.1 Å². The zero-order valence-corrected chi connectivity index (χ0v) is 11.5. The molecule has 1 aromatic carbocycles. The second-order valence-corrected chi connectivity index (χ2v) is 5.10. The Labute approximate surface area is 118 Å². The quantitative estimate of drug-likeness (QED) is 0.796. The lowest BCUT2D eigenvalue weighted by molar-refractivity contribution is -0.150. The van der Waals surface area contributed by atoms with Crippen molar-refractivity contribution in [2.45, 2.75) is 37.8 Å². The number of hydrogen-bond acceptors (Lipinski definition) is 5. The maximum atomic E-state index is 11.8. The Morgan fingerprint density at radius 2 is 2.15 bits per heavy atom. The molecule has 110 valence electrons. The molecule has 0 aromatic heterocycles. The predicted octanol–water partition coefficient (Wildman–Crippen LogP) is 1.37. The fourth-order valence-corrected chi connectivity index (χ4v) is 2.19. The molecular formula is C15H21NO4. The minimum Gasteiger partial charge on any atom is -0.508 e. The van der Waals surface area contributed by atoms with Gasteiger partial charge in [-0.15, -0.1) is 0 Å². The third kappa shape index (κ3) is 4.51. The van der Waals surface area contributed by atoms with E-state index in [0.717, 1.165) is 31.4 Å². The van der Waals surface area contributed by atoms with Crippen LogP contribution in [-0.4, -0.2) is 36.4 Å². The molecule has 1 fully saturated rings. The molecule has 2 atom stereocenters. The van der Waals surface area contributed by atoms with Gasteiger partial charge < -0.3 is 20.3 Å². The van der Waals surface area contributed by atoms with E-state index in [1.807, 2.05) is 0 Å². The lowest BCUT2D eigenvalue weighted by Crippen LogP contribution is -2.36. The van der Waals surface area contributed by atoms with E-state index in [2.05, 4.69) is 0 Å². The monoisotopic (exact) mass is 279 g/mol. The van der Waals surface area contributed by atoms with Gasteiger partial charge in [0.25, 0.3) is 0 Å². The number of carbonyl (C=O) groups is 1.